The van der Waals surface area contributed by atoms with Crippen molar-refractivity contribution in [2.45, 2.75) is 44.2 Å². The molecule has 0 heterocycles. The smallest absolute Gasteiger partial charge is 0.251 e. The second-order valence-corrected chi connectivity index (χ2v) is 8.18. The number of amides is 1. The van der Waals surface area contributed by atoms with Crippen molar-refractivity contribution in [2.75, 3.05) is 13.6 Å². The third-order valence-electron chi connectivity index (χ3n) is 3.46. The highest BCUT2D eigenvalue weighted by molar-refractivity contribution is 7.89. The molecule has 1 amide bonds. The van der Waals surface area contributed by atoms with Gasteiger partial charge in [0.15, 0.2) is 0 Å². The first kappa shape index (κ1) is 18.6. The number of nitrogens with two attached hydrogens (primary N) is 1. The summed E-state index contributed by atoms with van der Waals surface area (Å²) in [5.41, 5.74) is 5.32. The van der Waals surface area contributed by atoms with Gasteiger partial charge in [0.05, 0.1) is 4.90 Å². The summed E-state index contributed by atoms with van der Waals surface area (Å²) in [5, 5.41) is 2.78. The van der Waals surface area contributed by atoms with Crippen LogP contribution in [0, 0.1) is 0 Å². The Morgan fingerprint density at radius 2 is 1.95 bits per heavy atom. The van der Waals surface area contributed by atoms with Crippen molar-refractivity contribution < 1.29 is 13.2 Å². The van der Waals surface area contributed by atoms with E-state index in [1.807, 2.05) is 0 Å². The van der Waals surface area contributed by atoms with Gasteiger partial charge in [0.1, 0.15) is 0 Å². The summed E-state index contributed by atoms with van der Waals surface area (Å²) in [5.74, 6) is -0.347. The molecule has 0 atom stereocenters. The molecule has 0 aliphatic heterocycles. The van der Waals surface area contributed by atoms with E-state index in [1.54, 1.807) is 39.8 Å². The van der Waals surface area contributed by atoms with Crippen LogP contribution in [0.3, 0.4) is 0 Å². The van der Waals surface area contributed by atoms with Gasteiger partial charge in [-0.3, -0.25) is 4.79 Å². The first-order chi connectivity index (χ1) is 10.0. The van der Waals surface area contributed by atoms with Crippen LogP contribution < -0.4 is 11.1 Å². The van der Waals surface area contributed by atoms with Crippen LogP contribution in [0.1, 0.15) is 38.1 Å². The van der Waals surface area contributed by atoms with Crippen molar-refractivity contribution in [2.24, 2.45) is 5.73 Å². The Morgan fingerprint density at radius 1 is 1.36 bits per heavy atom. The summed E-state index contributed by atoms with van der Waals surface area (Å²) in [4.78, 5) is 12.3. The molecule has 0 radical (unpaired) electrons. The van der Waals surface area contributed by atoms with E-state index < -0.39 is 15.6 Å². The Morgan fingerprint density at radius 3 is 2.45 bits per heavy atom. The van der Waals surface area contributed by atoms with Gasteiger partial charge < -0.3 is 11.1 Å². The van der Waals surface area contributed by atoms with Crippen LogP contribution in [-0.2, 0) is 10.0 Å². The highest BCUT2D eigenvalue weighted by Gasteiger charge is 2.25. The van der Waals surface area contributed by atoms with Crippen molar-refractivity contribution in [3.8, 4) is 0 Å². The molecule has 0 fully saturated rings. The molecule has 0 unspecified atom stereocenters. The number of hydrogen-bond donors (Lipinski definition) is 2. The minimum Gasteiger partial charge on any atom is -0.346 e. The molecule has 1 rings (SSSR count). The summed E-state index contributed by atoms with van der Waals surface area (Å²) in [6.45, 7) is 7.47. The lowest BCUT2D eigenvalue weighted by Gasteiger charge is -2.24. The average molecular weight is 327 g/mol. The van der Waals surface area contributed by atoms with Gasteiger partial charge in [0, 0.05) is 30.7 Å². The Balaban J connectivity index is 3.13. The summed E-state index contributed by atoms with van der Waals surface area (Å²) in [6, 6.07) is 5.84. The fraction of sp³-hybridized carbons (Fsp3) is 0.533. The molecular formula is C15H25N3O3S. The Labute approximate surface area is 132 Å². The van der Waals surface area contributed by atoms with Gasteiger partial charge in [-0.25, -0.2) is 8.42 Å². The fourth-order valence-electron chi connectivity index (χ4n) is 1.67. The maximum absolute atomic E-state index is 12.5. The van der Waals surface area contributed by atoms with Gasteiger partial charge in [0.25, 0.3) is 5.91 Å². The molecule has 1 aromatic rings. The Bertz CT molecular complexity index is 639. The molecular weight excluding hydrogens is 302 g/mol. The number of sulfonamides is 1. The van der Waals surface area contributed by atoms with E-state index in [4.69, 9.17) is 5.73 Å². The van der Waals surface area contributed by atoms with Gasteiger partial charge in [0.2, 0.25) is 10.0 Å². The molecule has 1 aromatic carbocycles. The number of benzene rings is 1. The van der Waals surface area contributed by atoms with Crippen molar-refractivity contribution in [1.82, 2.24) is 9.62 Å². The normalized spacial score (nSPS) is 12.7. The number of rotatable bonds is 6. The second kappa shape index (κ2) is 6.76. The van der Waals surface area contributed by atoms with E-state index in [-0.39, 0.29) is 23.4 Å². The molecule has 0 aromatic heterocycles. The van der Waals surface area contributed by atoms with Crippen LogP contribution in [0.2, 0.25) is 0 Å². The Kier molecular flexibility index (Phi) is 5.72. The molecule has 0 aliphatic rings. The van der Waals surface area contributed by atoms with Gasteiger partial charge in [-0.05, 0) is 45.9 Å². The molecule has 0 bridgehead atoms. The third kappa shape index (κ3) is 4.28. The van der Waals surface area contributed by atoms with Crippen LogP contribution in [0.15, 0.2) is 29.2 Å². The van der Waals surface area contributed by atoms with Gasteiger partial charge >= 0.3 is 0 Å². The largest absolute Gasteiger partial charge is 0.346 e. The highest BCUT2D eigenvalue weighted by Crippen LogP contribution is 2.18. The second-order valence-electron chi connectivity index (χ2n) is 6.18. The van der Waals surface area contributed by atoms with Crippen molar-refractivity contribution in [3.05, 3.63) is 29.8 Å². The van der Waals surface area contributed by atoms with Crippen LogP contribution in [0.4, 0.5) is 0 Å². The number of nitrogens with zero attached hydrogens (tertiary/aromatic N) is 1. The number of hydrogen-bond acceptors (Lipinski definition) is 4. The molecule has 7 heteroatoms. The summed E-state index contributed by atoms with van der Waals surface area (Å²) in [7, 11) is -2.10. The van der Waals surface area contributed by atoms with Gasteiger partial charge in [-0.1, -0.05) is 6.07 Å². The molecule has 0 spiro atoms. The lowest BCUT2D eigenvalue weighted by Crippen LogP contribution is -2.48. The van der Waals surface area contributed by atoms with E-state index in [2.05, 4.69) is 5.32 Å². The Hall–Kier alpha value is -1.44. The van der Waals surface area contributed by atoms with Crippen LogP contribution in [-0.4, -0.2) is 43.8 Å². The van der Waals surface area contributed by atoms with Crippen molar-refractivity contribution >= 4 is 15.9 Å². The zero-order chi connectivity index (χ0) is 17.1. The standard InChI is InChI=1S/C15H25N3O3S/c1-11(2)18(5)22(20,21)13-8-6-7-12(9-13)14(19)17-15(3,4)10-16/h6-9,11H,10,16H2,1-5H3,(H,17,19). The zero-order valence-electron chi connectivity index (χ0n) is 13.8. The maximum Gasteiger partial charge on any atom is 0.251 e. The van der Waals surface area contributed by atoms with E-state index in [1.165, 1.54) is 23.5 Å². The van der Waals surface area contributed by atoms with Crippen molar-refractivity contribution in [1.29, 1.82) is 0 Å². The first-order valence-electron chi connectivity index (χ1n) is 7.12. The first-order valence-corrected chi connectivity index (χ1v) is 8.56. The summed E-state index contributed by atoms with van der Waals surface area (Å²) < 4.78 is 26.2. The number of nitrogens with one attached hydrogen (secondary N) is 1. The SMILES string of the molecule is CC(C)N(C)S(=O)(=O)c1cccc(C(=O)NC(C)(C)CN)c1. The lowest BCUT2D eigenvalue weighted by molar-refractivity contribution is 0.0915. The summed E-state index contributed by atoms with van der Waals surface area (Å²) in [6.07, 6.45) is 0. The minimum atomic E-state index is -3.61. The van der Waals surface area contributed by atoms with Crippen molar-refractivity contribution in [3.63, 3.8) is 0 Å². The lowest BCUT2D eigenvalue weighted by atomic mass is 10.1. The molecule has 0 saturated heterocycles. The molecule has 22 heavy (non-hydrogen) atoms. The zero-order valence-corrected chi connectivity index (χ0v) is 14.6. The molecule has 3 N–H and O–H groups in total. The van der Waals surface area contributed by atoms with E-state index >= 15 is 0 Å². The molecule has 0 saturated carbocycles. The third-order valence-corrected chi connectivity index (χ3v) is 5.49. The van der Waals surface area contributed by atoms with Crippen LogP contribution in [0.5, 0.6) is 0 Å². The number of carbonyl (C=O) groups is 1. The average Bonchev–Trinajstić information content (AvgIpc) is 2.46. The fourth-order valence-corrected chi connectivity index (χ4v) is 3.09. The molecule has 0 aliphatic carbocycles. The topological polar surface area (TPSA) is 92.5 Å². The van der Waals surface area contributed by atoms with E-state index in [9.17, 15) is 13.2 Å². The van der Waals surface area contributed by atoms with E-state index in [0.717, 1.165) is 0 Å². The molecule has 124 valence electrons. The minimum absolute atomic E-state index is 0.0990. The van der Waals surface area contributed by atoms with Crippen LogP contribution in [0.25, 0.3) is 0 Å². The predicted octanol–water partition coefficient (Wildman–Crippen LogP) is 1.18. The van der Waals surface area contributed by atoms with Gasteiger partial charge in [-0.2, -0.15) is 4.31 Å². The monoisotopic (exact) mass is 327 g/mol. The highest BCUT2D eigenvalue weighted by atomic mass is 32.2. The van der Waals surface area contributed by atoms with Gasteiger partial charge in [-0.15, -0.1) is 0 Å². The van der Waals surface area contributed by atoms with Crippen LogP contribution >= 0.6 is 0 Å². The number of carbonyl (C=O) groups excluding carboxylic acids is 1. The quantitative estimate of drug-likeness (QED) is 0.820. The predicted molar refractivity (Wildman–Crippen MR) is 87.1 cm³/mol. The molecule has 6 nitrogen and oxygen atoms in total. The van der Waals surface area contributed by atoms with E-state index in [0.29, 0.717) is 5.56 Å². The summed E-state index contributed by atoms with van der Waals surface area (Å²) >= 11 is 0. The maximum atomic E-state index is 12.5.